The largest absolute Gasteiger partial charge is 0.493 e. The summed E-state index contributed by atoms with van der Waals surface area (Å²) in [6.45, 7) is 3.31. The van der Waals surface area contributed by atoms with Crippen LogP contribution < -0.4 is 4.74 Å². The molecule has 0 spiro atoms. The normalized spacial score (nSPS) is 18.4. The third-order valence-corrected chi connectivity index (χ3v) is 6.25. The zero-order chi connectivity index (χ0) is 20.8. The van der Waals surface area contributed by atoms with Gasteiger partial charge < -0.3 is 19.1 Å². The third-order valence-electron chi connectivity index (χ3n) is 6.25. The fraction of sp³-hybridized carbons (Fsp3) is 0.522. The minimum Gasteiger partial charge on any atom is -0.493 e. The standard InChI is InChI=1S/C23H30N4O3/c28-22(10-17-30-21-4-2-1-3-5-21)25-12-6-19(7-13-25)23(29)26-14-8-20(9-15-26)27-16-11-24-18-27/h1-5,11,16,18-20H,6-10,12-15,17H2. The molecule has 2 fully saturated rings. The van der Waals surface area contributed by atoms with E-state index in [9.17, 15) is 9.59 Å². The average molecular weight is 411 g/mol. The molecule has 0 atom stereocenters. The molecule has 160 valence electrons. The van der Waals surface area contributed by atoms with Crippen LogP contribution >= 0.6 is 0 Å². The maximum Gasteiger partial charge on any atom is 0.225 e. The van der Waals surface area contributed by atoms with Gasteiger partial charge in [0.1, 0.15) is 5.75 Å². The van der Waals surface area contributed by atoms with Crippen LogP contribution in [0.3, 0.4) is 0 Å². The summed E-state index contributed by atoms with van der Waals surface area (Å²) in [6.07, 6.45) is 9.49. The number of likely N-dealkylation sites (tertiary alicyclic amines) is 2. The molecule has 2 aliphatic heterocycles. The summed E-state index contributed by atoms with van der Waals surface area (Å²) >= 11 is 0. The summed E-state index contributed by atoms with van der Waals surface area (Å²) < 4.78 is 7.77. The van der Waals surface area contributed by atoms with E-state index < -0.39 is 0 Å². The van der Waals surface area contributed by atoms with Gasteiger partial charge in [0.25, 0.3) is 0 Å². The van der Waals surface area contributed by atoms with Crippen molar-refractivity contribution in [1.82, 2.24) is 19.4 Å². The maximum absolute atomic E-state index is 12.9. The summed E-state index contributed by atoms with van der Waals surface area (Å²) in [6, 6.07) is 9.98. The van der Waals surface area contributed by atoms with Crippen molar-refractivity contribution < 1.29 is 14.3 Å². The molecule has 0 saturated carbocycles. The molecule has 2 aromatic rings. The molecule has 0 unspecified atom stereocenters. The number of imidazole rings is 1. The molecule has 7 nitrogen and oxygen atoms in total. The highest BCUT2D eigenvalue weighted by molar-refractivity contribution is 5.80. The van der Waals surface area contributed by atoms with Gasteiger partial charge in [-0.25, -0.2) is 4.98 Å². The first-order valence-corrected chi connectivity index (χ1v) is 10.9. The number of ether oxygens (including phenoxy) is 1. The van der Waals surface area contributed by atoms with Gasteiger partial charge in [0.15, 0.2) is 0 Å². The molecule has 2 amide bonds. The number of aromatic nitrogens is 2. The van der Waals surface area contributed by atoms with Gasteiger partial charge in [-0.3, -0.25) is 9.59 Å². The Morgan fingerprint density at radius 3 is 2.33 bits per heavy atom. The van der Waals surface area contributed by atoms with Crippen LogP contribution in [0.4, 0.5) is 0 Å². The molecule has 1 aromatic carbocycles. The molecule has 3 heterocycles. The first-order valence-electron chi connectivity index (χ1n) is 10.9. The number of rotatable bonds is 6. The molecular weight excluding hydrogens is 380 g/mol. The van der Waals surface area contributed by atoms with Crippen LogP contribution in [0, 0.1) is 5.92 Å². The lowest BCUT2D eigenvalue weighted by molar-refractivity contribution is -0.141. The van der Waals surface area contributed by atoms with E-state index in [1.807, 2.05) is 52.7 Å². The zero-order valence-corrected chi connectivity index (χ0v) is 17.4. The number of hydrogen-bond donors (Lipinski definition) is 0. The van der Waals surface area contributed by atoms with E-state index in [0.717, 1.165) is 44.5 Å². The van der Waals surface area contributed by atoms with Gasteiger partial charge in [0, 0.05) is 50.5 Å². The highest BCUT2D eigenvalue weighted by Crippen LogP contribution is 2.26. The van der Waals surface area contributed by atoms with Gasteiger partial charge in [0.2, 0.25) is 11.8 Å². The summed E-state index contributed by atoms with van der Waals surface area (Å²) in [7, 11) is 0. The predicted molar refractivity (Wildman–Crippen MR) is 113 cm³/mol. The first kappa shape index (κ1) is 20.4. The van der Waals surface area contributed by atoms with Crippen molar-refractivity contribution >= 4 is 11.8 Å². The predicted octanol–water partition coefficient (Wildman–Crippen LogP) is 2.75. The van der Waals surface area contributed by atoms with Gasteiger partial charge in [-0.1, -0.05) is 18.2 Å². The van der Waals surface area contributed by atoms with Gasteiger partial charge in [-0.15, -0.1) is 0 Å². The number of nitrogens with zero attached hydrogens (tertiary/aromatic N) is 4. The molecule has 0 bridgehead atoms. The number of para-hydroxylation sites is 1. The number of benzene rings is 1. The second-order valence-electron chi connectivity index (χ2n) is 8.13. The lowest BCUT2D eigenvalue weighted by Crippen LogP contribution is -2.46. The van der Waals surface area contributed by atoms with Crippen molar-refractivity contribution in [3.05, 3.63) is 49.1 Å². The molecular formula is C23H30N4O3. The molecule has 30 heavy (non-hydrogen) atoms. The summed E-state index contributed by atoms with van der Waals surface area (Å²) in [5.41, 5.74) is 0. The molecule has 0 N–H and O–H groups in total. The fourth-order valence-electron chi connectivity index (χ4n) is 4.43. The average Bonchev–Trinajstić information content (AvgIpc) is 3.34. The van der Waals surface area contributed by atoms with Crippen molar-refractivity contribution in [2.75, 3.05) is 32.8 Å². The molecule has 2 aliphatic rings. The van der Waals surface area contributed by atoms with Crippen LogP contribution in [0.15, 0.2) is 49.1 Å². The lowest BCUT2D eigenvalue weighted by Gasteiger charge is -2.37. The van der Waals surface area contributed by atoms with Crippen molar-refractivity contribution in [1.29, 1.82) is 0 Å². The minimum atomic E-state index is 0.0411. The Balaban J connectivity index is 1.17. The first-order chi connectivity index (χ1) is 14.7. The van der Waals surface area contributed by atoms with Crippen LogP contribution in [0.1, 0.15) is 38.1 Å². The second kappa shape index (κ2) is 9.78. The van der Waals surface area contributed by atoms with Crippen LogP contribution in [-0.2, 0) is 9.59 Å². The van der Waals surface area contributed by atoms with Gasteiger partial charge >= 0.3 is 0 Å². The highest BCUT2D eigenvalue weighted by atomic mass is 16.5. The number of piperidine rings is 2. The molecule has 2 saturated heterocycles. The number of hydrogen-bond acceptors (Lipinski definition) is 4. The molecule has 1 aromatic heterocycles. The highest BCUT2D eigenvalue weighted by Gasteiger charge is 2.32. The maximum atomic E-state index is 12.9. The van der Waals surface area contributed by atoms with E-state index in [1.165, 1.54) is 0 Å². The van der Waals surface area contributed by atoms with Crippen LogP contribution in [0.5, 0.6) is 5.75 Å². The van der Waals surface area contributed by atoms with Gasteiger partial charge in [-0.2, -0.15) is 0 Å². The quantitative estimate of drug-likeness (QED) is 0.734. The minimum absolute atomic E-state index is 0.0411. The topological polar surface area (TPSA) is 67.7 Å². The van der Waals surface area contributed by atoms with E-state index in [2.05, 4.69) is 9.55 Å². The molecule has 4 rings (SSSR count). The Kier molecular flexibility index (Phi) is 6.67. The van der Waals surface area contributed by atoms with Crippen LogP contribution in [0.25, 0.3) is 0 Å². The molecule has 7 heteroatoms. The fourth-order valence-corrected chi connectivity index (χ4v) is 4.43. The van der Waals surface area contributed by atoms with E-state index in [0.29, 0.717) is 32.2 Å². The monoisotopic (exact) mass is 410 g/mol. The van der Waals surface area contributed by atoms with E-state index in [1.54, 1.807) is 6.20 Å². The Morgan fingerprint density at radius 2 is 1.67 bits per heavy atom. The summed E-state index contributed by atoms with van der Waals surface area (Å²) in [4.78, 5) is 33.4. The summed E-state index contributed by atoms with van der Waals surface area (Å²) in [5.74, 6) is 1.20. The SMILES string of the molecule is O=C(CCOc1ccccc1)N1CCC(C(=O)N2CCC(n3ccnc3)CC2)CC1. The van der Waals surface area contributed by atoms with Crippen LogP contribution in [0.2, 0.25) is 0 Å². The summed E-state index contributed by atoms with van der Waals surface area (Å²) in [5, 5.41) is 0. The number of carbonyl (C=O) groups is 2. The van der Waals surface area contributed by atoms with Gasteiger partial charge in [-0.05, 0) is 37.8 Å². The smallest absolute Gasteiger partial charge is 0.225 e. The lowest BCUT2D eigenvalue weighted by atomic mass is 9.93. The van der Waals surface area contributed by atoms with E-state index >= 15 is 0 Å². The second-order valence-corrected chi connectivity index (χ2v) is 8.13. The van der Waals surface area contributed by atoms with Crippen molar-refractivity contribution in [2.24, 2.45) is 5.92 Å². The van der Waals surface area contributed by atoms with Crippen LogP contribution in [-0.4, -0.2) is 64.0 Å². The van der Waals surface area contributed by atoms with Crippen molar-refractivity contribution in [3.8, 4) is 5.75 Å². The molecule has 0 aliphatic carbocycles. The molecule has 0 radical (unpaired) electrons. The van der Waals surface area contributed by atoms with E-state index in [4.69, 9.17) is 4.74 Å². The van der Waals surface area contributed by atoms with Crippen molar-refractivity contribution in [3.63, 3.8) is 0 Å². The Bertz CT molecular complexity index is 808. The Morgan fingerprint density at radius 1 is 0.967 bits per heavy atom. The van der Waals surface area contributed by atoms with E-state index in [-0.39, 0.29) is 17.7 Å². The van der Waals surface area contributed by atoms with Gasteiger partial charge in [0.05, 0.1) is 19.4 Å². The Hall–Kier alpha value is -2.83. The Labute approximate surface area is 177 Å². The number of amides is 2. The zero-order valence-electron chi connectivity index (χ0n) is 17.4. The van der Waals surface area contributed by atoms with Crippen molar-refractivity contribution in [2.45, 2.75) is 38.1 Å². The number of carbonyl (C=O) groups excluding carboxylic acids is 2. The third kappa shape index (κ3) is 5.01.